The molecular formula is C16H30N4O5S. The van der Waals surface area contributed by atoms with Crippen molar-refractivity contribution in [3.8, 4) is 0 Å². The predicted molar refractivity (Wildman–Crippen MR) is 99.0 cm³/mol. The Morgan fingerprint density at radius 1 is 1.42 bits per heavy atom. The number of carbonyl (C=O) groups is 1. The van der Waals surface area contributed by atoms with Crippen LogP contribution in [-0.2, 0) is 9.47 Å². The number of urea groups is 1. The number of unbranched alkanes of at least 4 members (excludes halogenated alkanes) is 4. The topological polar surface area (TPSA) is 115 Å². The Morgan fingerprint density at radius 3 is 2.85 bits per heavy atom. The molecular weight excluding hydrogens is 360 g/mol. The standard InChI is InChI=1S/C16H30N4O5S/c1-2-3-4-5-6-7-24-16(26)19-14-17-10-20(15(23)18-14)13-8-11(22)12(9-21)25-13/h11-14,17,21-22H,2-10H2,1H3,(H,18,23)(H,19,26). The highest BCUT2D eigenvalue weighted by Crippen LogP contribution is 2.23. The Bertz CT molecular complexity index is 470. The van der Waals surface area contributed by atoms with Crippen LogP contribution in [-0.4, -0.2) is 70.9 Å². The van der Waals surface area contributed by atoms with Crippen LogP contribution in [0, 0.1) is 0 Å². The highest BCUT2D eigenvalue weighted by Gasteiger charge is 2.40. The molecule has 4 unspecified atom stereocenters. The van der Waals surface area contributed by atoms with E-state index in [1.807, 2.05) is 0 Å². The third-order valence-corrected chi connectivity index (χ3v) is 4.71. The molecule has 2 aliphatic rings. The van der Waals surface area contributed by atoms with Crippen LogP contribution in [0.1, 0.15) is 45.4 Å². The second-order valence-corrected chi connectivity index (χ2v) is 6.89. The second kappa shape index (κ2) is 10.8. The Kier molecular flexibility index (Phi) is 8.79. The number of nitrogens with zero attached hydrogens (tertiary/aromatic N) is 1. The van der Waals surface area contributed by atoms with Crippen LogP contribution in [0.5, 0.6) is 0 Å². The van der Waals surface area contributed by atoms with E-state index in [0.717, 1.165) is 12.8 Å². The van der Waals surface area contributed by atoms with Crippen LogP contribution in [0.3, 0.4) is 0 Å². The zero-order valence-electron chi connectivity index (χ0n) is 15.1. The van der Waals surface area contributed by atoms with Gasteiger partial charge >= 0.3 is 6.03 Å². The summed E-state index contributed by atoms with van der Waals surface area (Å²) in [7, 11) is 0. The maximum absolute atomic E-state index is 12.3. The van der Waals surface area contributed by atoms with Gasteiger partial charge in [-0.15, -0.1) is 0 Å². The first-order valence-electron chi connectivity index (χ1n) is 9.23. The van der Waals surface area contributed by atoms with Crippen LogP contribution in [0.4, 0.5) is 4.79 Å². The van der Waals surface area contributed by atoms with Crippen LogP contribution < -0.4 is 16.0 Å². The summed E-state index contributed by atoms with van der Waals surface area (Å²) >= 11 is 5.13. The minimum Gasteiger partial charge on any atom is -0.471 e. The molecule has 2 heterocycles. The number of rotatable bonds is 9. The second-order valence-electron chi connectivity index (χ2n) is 6.52. The van der Waals surface area contributed by atoms with Gasteiger partial charge < -0.3 is 30.3 Å². The summed E-state index contributed by atoms with van der Waals surface area (Å²) < 4.78 is 11.0. The molecule has 2 saturated heterocycles. The fourth-order valence-corrected chi connectivity index (χ4v) is 3.14. The molecule has 0 spiro atoms. The van der Waals surface area contributed by atoms with E-state index >= 15 is 0 Å². The van der Waals surface area contributed by atoms with Gasteiger partial charge in [-0.25, -0.2) is 4.79 Å². The first-order valence-corrected chi connectivity index (χ1v) is 9.64. The van der Waals surface area contributed by atoms with Crippen molar-refractivity contribution in [2.24, 2.45) is 0 Å². The van der Waals surface area contributed by atoms with Gasteiger partial charge in [0.15, 0.2) is 6.29 Å². The lowest BCUT2D eigenvalue weighted by Gasteiger charge is -2.37. The molecule has 0 radical (unpaired) electrons. The Hall–Kier alpha value is -1.20. The van der Waals surface area contributed by atoms with E-state index in [4.69, 9.17) is 26.8 Å². The maximum atomic E-state index is 12.3. The van der Waals surface area contributed by atoms with Crippen molar-refractivity contribution >= 4 is 23.4 Å². The minimum absolute atomic E-state index is 0.221. The molecule has 2 rings (SSSR count). The van der Waals surface area contributed by atoms with Crippen molar-refractivity contribution in [1.29, 1.82) is 0 Å². The molecule has 0 saturated carbocycles. The number of hydrogen-bond acceptors (Lipinski definition) is 7. The Morgan fingerprint density at radius 2 is 2.19 bits per heavy atom. The molecule has 2 fully saturated rings. The van der Waals surface area contributed by atoms with Crippen LogP contribution >= 0.6 is 12.2 Å². The van der Waals surface area contributed by atoms with Crippen molar-refractivity contribution in [2.75, 3.05) is 19.9 Å². The lowest BCUT2D eigenvalue weighted by molar-refractivity contribution is -0.0707. The number of ether oxygens (including phenoxy) is 2. The van der Waals surface area contributed by atoms with E-state index in [-0.39, 0.29) is 30.9 Å². The quantitative estimate of drug-likeness (QED) is 0.280. The summed E-state index contributed by atoms with van der Waals surface area (Å²) in [5, 5.41) is 27.8. The Labute approximate surface area is 159 Å². The van der Waals surface area contributed by atoms with Crippen molar-refractivity contribution in [3.63, 3.8) is 0 Å². The van der Waals surface area contributed by atoms with Gasteiger partial charge in [-0.1, -0.05) is 32.6 Å². The van der Waals surface area contributed by atoms with E-state index in [1.54, 1.807) is 0 Å². The SMILES string of the molecule is CCCCCCCOC(=S)NC1NCN(C2CC(O)C(CO)O2)C(=O)N1. The van der Waals surface area contributed by atoms with Crippen LogP contribution in [0.15, 0.2) is 0 Å². The van der Waals surface area contributed by atoms with Gasteiger partial charge in [0, 0.05) is 6.42 Å². The lowest BCUT2D eigenvalue weighted by Crippen LogP contribution is -2.68. The number of nitrogens with one attached hydrogen (secondary N) is 3. The minimum atomic E-state index is -0.785. The largest absolute Gasteiger partial charge is 0.471 e. The van der Waals surface area contributed by atoms with E-state index < -0.39 is 24.7 Å². The van der Waals surface area contributed by atoms with Gasteiger partial charge in [-0.2, -0.15) is 0 Å². The number of thiocarbonyl (C=S) groups is 1. The summed E-state index contributed by atoms with van der Waals surface area (Å²) in [6.45, 7) is 2.67. The summed E-state index contributed by atoms with van der Waals surface area (Å²) in [6.07, 6.45) is 3.40. The van der Waals surface area contributed by atoms with Gasteiger partial charge in [0.25, 0.3) is 5.17 Å². The van der Waals surface area contributed by atoms with E-state index in [0.29, 0.717) is 6.61 Å². The van der Waals surface area contributed by atoms with Crippen LogP contribution in [0.25, 0.3) is 0 Å². The van der Waals surface area contributed by atoms with Gasteiger partial charge in [-0.05, 0) is 18.6 Å². The number of hydrogen-bond donors (Lipinski definition) is 5. The maximum Gasteiger partial charge on any atom is 0.323 e. The van der Waals surface area contributed by atoms with E-state index in [1.165, 1.54) is 24.2 Å². The normalized spacial score (nSPS) is 28.7. The fraction of sp³-hybridized carbons (Fsp3) is 0.875. The predicted octanol–water partition coefficient (Wildman–Crippen LogP) is 0.172. The third kappa shape index (κ3) is 6.20. The molecule has 9 nitrogen and oxygen atoms in total. The fourth-order valence-electron chi connectivity index (χ4n) is 2.94. The van der Waals surface area contributed by atoms with Crippen molar-refractivity contribution in [1.82, 2.24) is 20.9 Å². The zero-order valence-corrected chi connectivity index (χ0v) is 16.0. The van der Waals surface area contributed by atoms with Gasteiger partial charge in [-0.3, -0.25) is 10.2 Å². The smallest absolute Gasteiger partial charge is 0.323 e. The van der Waals surface area contributed by atoms with Crippen molar-refractivity contribution in [3.05, 3.63) is 0 Å². The van der Waals surface area contributed by atoms with Crippen molar-refractivity contribution in [2.45, 2.75) is 70.2 Å². The van der Waals surface area contributed by atoms with Crippen LogP contribution in [0.2, 0.25) is 0 Å². The summed E-state index contributed by atoms with van der Waals surface area (Å²) in [4.78, 5) is 13.7. The van der Waals surface area contributed by atoms with E-state index in [9.17, 15) is 9.90 Å². The zero-order chi connectivity index (χ0) is 18.9. The number of aliphatic hydroxyl groups excluding tert-OH is 2. The summed E-state index contributed by atoms with van der Waals surface area (Å²) in [6, 6.07) is -0.348. The molecule has 150 valence electrons. The highest BCUT2D eigenvalue weighted by molar-refractivity contribution is 7.80. The molecule has 0 bridgehead atoms. The molecule has 0 aromatic rings. The molecule has 4 atom stereocenters. The molecule has 2 amide bonds. The third-order valence-electron chi connectivity index (χ3n) is 4.47. The number of amides is 2. The average Bonchev–Trinajstić information content (AvgIpc) is 2.98. The summed E-state index contributed by atoms with van der Waals surface area (Å²) in [5.41, 5.74) is 0. The Balaban J connectivity index is 1.65. The van der Waals surface area contributed by atoms with Gasteiger partial charge in [0.1, 0.15) is 12.3 Å². The molecule has 0 aromatic carbocycles. The summed E-state index contributed by atoms with van der Waals surface area (Å²) in [5.74, 6) is 0. The molecule has 2 aliphatic heterocycles. The molecule has 10 heteroatoms. The van der Waals surface area contributed by atoms with Crippen molar-refractivity contribution < 1.29 is 24.5 Å². The molecule has 0 aliphatic carbocycles. The monoisotopic (exact) mass is 390 g/mol. The van der Waals surface area contributed by atoms with Gasteiger partial charge in [0.2, 0.25) is 0 Å². The number of aliphatic hydroxyl groups is 2. The first kappa shape index (κ1) is 21.1. The van der Waals surface area contributed by atoms with Gasteiger partial charge in [0.05, 0.1) is 26.0 Å². The van der Waals surface area contributed by atoms with E-state index in [2.05, 4.69) is 22.9 Å². The molecule has 5 N–H and O–H groups in total. The highest BCUT2D eigenvalue weighted by atomic mass is 32.1. The first-order chi connectivity index (χ1) is 12.5. The average molecular weight is 391 g/mol. The molecule has 26 heavy (non-hydrogen) atoms. The number of carbonyl (C=O) groups excluding carboxylic acids is 1. The lowest BCUT2D eigenvalue weighted by atomic mass is 10.2. The molecule has 0 aromatic heterocycles.